The van der Waals surface area contributed by atoms with Crippen LogP contribution in [-0.2, 0) is 14.3 Å². The van der Waals surface area contributed by atoms with Crippen molar-refractivity contribution >= 4 is 12.1 Å². The molecule has 0 bridgehead atoms. The van der Waals surface area contributed by atoms with Gasteiger partial charge in [0.25, 0.3) is 0 Å². The number of hydrogen-bond acceptors (Lipinski definition) is 4. The van der Waals surface area contributed by atoms with Crippen LogP contribution in [0, 0.1) is 5.92 Å². The Morgan fingerprint density at radius 3 is 1.61 bits per heavy atom. The van der Waals surface area contributed by atoms with E-state index in [1.165, 1.54) is 88.4 Å². The molecule has 0 saturated carbocycles. The SMILES string of the molecule is C=COC(=O)N(C)C(C(=O)OCCCCCCCCCCCCCCCCC)C(C)C. The maximum Gasteiger partial charge on any atom is 0.415 e. The number of nitrogens with zero attached hydrogens (tertiary/aromatic N) is 1. The molecule has 0 aliphatic carbocycles. The molecule has 182 valence electrons. The van der Waals surface area contributed by atoms with Gasteiger partial charge < -0.3 is 9.47 Å². The van der Waals surface area contributed by atoms with E-state index in [1.54, 1.807) is 7.05 Å². The van der Waals surface area contributed by atoms with E-state index in [0.717, 1.165) is 19.1 Å². The number of unbranched alkanes of at least 4 members (excludes halogenated alkanes) is 14. The molecule has 5 heteroatoms. The lowest BCUT2D eigenvalue weighted by molar-refractivity contribution is -0.150. The third kappa shape index (κ3) is 15.9. The maximum absolute atomic E-state index is 12.4. The minimum Gasteiger partial charge on any atom is -0.464 e. The van der Waals surface area contributed by atoms with Gasteiger partial charge >= 0.3 is 12.1 Å². The zero-order valence-electron chi connectivity index (χ0n) is 20.8. The Morgan fingerprint density at radius 2 is 1.23 bits per heavy atom. The summed E-state index contributed by atoms with van der Waals surface area (Å²) in [5.41, 5.74) is 0. The molecule has 0 aromatic heterocycles. The van der Waals surface area contributed by atoms with Crippen LogP contribution < -0.4 is 0 Å². The van der Waals surface area contributed by atoms with E-state index in [0.29, 0.717) is 6.61 Å². The standard InChI is InChI=1S/C26H49NO4/c1-6-8-9-10-11-12-13-14-15-16-17-18-19-20-21-22-31-25(28)24(23(3)4)27(5)26(29)30-7-2/h7,23-24H,2,6,8-22H2,1,3-5H3. The lowest BCUT2D eigenvalue weighted by Crippen LogP contribution is -2.46. The van der Waals surface area contributed by atoms with Crippen LogP contribution in [0.15, 0.2) is 12.8 Å². The second-order valence-electron chi connectivity index (χ2n) is 8.97. The van der Waals surface area contributed by atoms with Gasteiger partial charge in [-0.2, -0.15) is 0 Å². The van der Waals surface area contributed by atoms with E-state index < -0.39 is 12.1 Å². The molecule has 0 aromatic rings. The number of carbonyl (C=O) groups is 2. The second kappa shape index (κ2) is 20.4. The molecule has 0 aliphatic heterocycles. The minimum absolute atomic E-state index is 0.0593. The Hall–Kier alpha value is -1.52. The number of rotatable bonds is 20. The monoisotopic (exact) mass is 439 g/mol. The fourth-order valence-corrected chi connectivity index (χ4v) is 3.88. The van der Waals surface area contributed by atoms with Crippen LogP contribution in [-0.4, -0.2) is 36.7 Å². The van der Waals surface area contributed by atoms with Crippen LogP contribution in [0.4, 0.5) is 4.79 Å². The fraction of sp³-hybridized carbons (Fsp3) is 0.846. The van der Waals surface area contributed by atoms with Crippen molar-refractivity contribution in [2.45, 2.75) is 123 Å². The molecule has 0 rings (SSSR count). The molecule has 0 fully saturated rings. The highest BCUT2D eigenvalue weighted by Gasteiger charge is 2.31. The first-order chi connectivity index (χ1) is 15.0. The Morgan fingerprint density at radius 1 is 0.806 bits per heavy atom. The molecule has 0 aliphatic rings. The van der Waals surface area contributed by atoms with Crippen LogP contribution in [0.2, 0.25) is 0 Å². The van der Waals surface area contributed by atoms with Crippen LogP contribution in [0.25, 0.3) is 0 Å². The maximum atomic E-state index is 12.4. The largest absolute Gasteiger partial charge is 0.464 e. The van der Waals surface area contributed by atoms with Crippen molar-refractivity contribution in [3.63, 3.8) is 0 Å². The molecular weight excluding hydrogens is 390 g/mol. The molecule has 1 atom stereocenters. The molecule has 1 amide bonds. The molecular formula is C26H49NO4. The van der Waals surface area contributed by atoms with Gasteiger partial charge in [0.05, 0.1) is 12.9 Å². The molecule has 0 radical (unpaired) electrons. The number of hydrogen-bond donors (Lipinski definition) is 0. The molecule has 0 N–H and O–H groups in total. The third-order valence-electron chi connectivity index (χ3n) is 5.75. The first-order valence-corrected chi connectivity index (χ1v) is 12.7. The number of amides is 1. The van der Waals surface area contributed by atoms with E-state index in [4.69, 9.17) is 9.47 Å². The van der Waals surface area contributed by atoms with Gasteiger partial charge in [-0.05, 0) is 12.3 Å². The Kier molecular flexibility index (Phi) is 19.4. The van der Waals surface area contributed by atoms with Crippen LogP contribution in [0.5, 0.6) is 0 Å². The summed E-state index contributed by atoms with van der Waals surface area (Å²) in [4.78, 5) is 25.5. The van der Waals surface area contributed by atoms with E-state index in [9.17, 15) is 9.59 Å². The lowest BCUT2D eigenvalue weighted by Gasteiger charge is -2.28. The second-order valence-corrected chi connectivity index (χ2v) is 8.97. The number of likely N-dealkylation sites (N-methyl/N-ethyl adjacent to an activating group) is 1. The van der Waals surface area contributed by atoms with Crippen molar-refractivity contribution in [2.75, 3.05) is 13.7 Å². The summed E-state index contributed by atoms with van der Waals surface area (Å²) in [6.07, 6.45) is 20.0. The van der Waals surface area contributed by atoms with E-state index in [2.05, 4.69) is 13.5 Å². The van der Waals surface area contributed by atoms with Gasteiger partial charge in [0.15, 0.2) is 0 Å². The first kappa shape index (κ1) is 29.5. The first-order valence-electron chi connectivity index (χ1n) is 12.7. The Labute approximate surface area is 191 Å². The number of carbonyl (C=O) groups excluding carboxylic acids is 2. The predicted molar refractivity (Wildman–Crippen MR) is 129 cm³/mol. The highest BCUT2D eigenvalue weighted by atomic mass is 16.6. The molecule has 31 heavy (non-hydrogen) atoms. The van der Waals surface area contributed by atoms with E-state index in [-0.39, 0.29) is 11.9 Å². The van der Waals surface area contributed by atoms with Crippen molar-refractivity contribution in [3.05, 3.63) is 12.8 Å². The number of esters is 1. The van der Waals surface area contributed by atoms with Gasteiger partial charge in [-0.15, -0.1) is 0 Å². The van der Waals surface area contributed by atoms with Crippen molar-refractivity contribution in [1.29, 1.82) is 0 Å². The summed E-state index contributed by atoms with van der Waals surface area (Å²) in [5, 5.41) is 0. The molecule has 0 spiro atoms. The normalized spacial score (nSPS) is 11.9. The van der Waals surface area contributed by atoms with E-state index in [1.807, 2.05) is 13.8 Å². The predicted octanol–water partition coefficient (Wildman–Crippen LogP) is 7.64. The molecule has 0 heterocycles. The highest BCUT2D eigenvalue weighted by Crippen LogP contribution is 2.15. The van der Waals surface area contributed by atoms with Crippen molar-refractivity contribution in [1.82, 2.24) is 4.90 Å². The van der Waals surface area contributed by atoms with Crippen LogP contribution in [0.3, 0.4) is 0 Å². The minimum atomic E-state index is -0.649. The van der Waals surface area contributed by atoms with Crippen LogP contribution >= 0.6 is 0 Å². The summed E-state index contributed by atoms with van der Waals surface area (Å²) in [6, 6.07) is -0.649. The van der Waals surface area contributed by atoms with Crippen LogP contribution in [0.1, 0.15) is 117 Å². The Bertz CT molecular complexity index is 464. The smallest absolute Gasteiger partial charge is 0.415 e. The summed E-state index contributed by atoms with van der Waals surface area (Å²) >= 11 is 0. The average molecular weight is 440 g/mol. The van der Waals surface area contributed by atoms with Gasteiger partial charge in [-0.1, -0.05) is 117 Å². The van der Waals surface area contributed by atoms with E-state index >= 15 is 0 Å². The Balaban J connectivity index is 3.65. The van der Waals surface area contributed by atoms with Gasteiger partial charge in [0.1, 0.15) is 6.04 Å². The molecule has 0 aromatic carbocycles. The quantitative estimate of drug-likeness (QED) is 0.111. The topological polar surface area (TPSA) is 55.8 Å². The molecule has 5 nitrogen and oxygen atoms in total. The summed E-state index contributed by atoms with van der Waals surface area (Å²) in [6.45, 7) is 9.82. The van der Waals surface area contributed by atoms with Crippen molar-refractivity contribution in [3.8, 4) is 0 Å². The van der Waals surface area contributed by atoms with Gasteiger partial charge in [0, 0.05) is 7.05 Å². The van der Waals surface area contributed by atoms with Crippen molar-refractivity contribution in [2.24, 2.45) is 5.92 Å². The number of ether oxygens (including phenoxy) is 2. The van der Waals surface area contributed by atoms with Gasteiger partial charge in [0.2, 0.25) is 0 Å². The highest BCUT2D eigenvalue weighted by molar-refractivity contribution is 5.81. The van der Waals surface area contributed by atoms with Gasteiger partial charge in [-0.3, -0.25) is 4.90 Å². The summed E-state index contributed by atoms with van der Waals surface area (Å²) in [7, 11) is 1.55. The lowest BCUT2D eigenvalue weighted by atomic mass is 10.0. The van der Waals surface area contributed by atoms with Crippen molar-refractivity contribution < 1.29 is 19.1 Å². The average Bonchev–Trinajstić information content (AvgIpc) is 2.73. The zero-order valence-corrected chi connectivity index (χ0v) is 20.8. The molecule has 1 unspecified atom stereocenters. The summed E-state index contributed by atoms with van der Waals surface area (Å²) in [5.74, 6) is -0.431. The zero-order chi connectivity index (χ0) is 23.3. The van der Waals surface area contributed by atoms with Gasteiger partial charge in [-0.25, -0.2) is 9.59 Å². The summed E-state index contributed by atoms with van der Waals surface area (Å²) < 4.78 is 10.2. The molecule has 0 saturated heterocycles. The fourth-order valence-electron chi connectivity index (χ4n) is 3.88. The third-order valence-corrected chi connectivity index (χ3v) is 5.75.